The Hall–Kier alpha value is -0.860. The Kier molecular flexibility index (Phi) is 4.66. The molecule has 2 atom stereocenters. The highest BCUT2D eigenvalue weighted by atomic mass is 16.5. The maximum absolute atomic E-state index is 5.83. The Morgan fingerprint density at radius 2 is 2.05 bits per heavy atom. The van der Waals surface area contributed by atoms with E-state index in [4.69, 9.17) is 4.74 Å². The van der Waals surface area contributed by atoms with Crippen LogP contribution >= 0.6 is 0 Å². The van der Waals surface area contributed by atoms with E-state index in [2.05, 4.69) is 43.4 Å². The molecule has 1 N–H and O–H groups in total. The molecule has 1 aliphatic heterocycles. The summed E-state index contributed by atoms with van der Waals surface area (Å²) in [6, 6.07) is 9.51. The van der Waals surface area contributed by atoms with E-state index in [1.807, 2.05) is 0 Å². The Labute approximate surface area is 129 Å². The van der Waals surface area contributed by atoms with Crippen LogP contribution in [-0.2, 0) is 10.2 Å². The van der Waals surface area contributed by atoms with Crippen LogP contribution in [0.2, 0.25) is 0 Å². The molecule has 0 saturated carbocycles. The SMILES string of the molecule is CC1(C)CCC(NCCC2CCCCO2)c2ccccc21. The summed E-state index contributed by atoms with van der Waals surface area (Å²) in [5.74, 6) is 0. The number of ether oxygens (including phenoxy) is 1. The van der Waals surface area contributed by atoms with Gasteiger partial charge in [0.1, 0.15) is 0 Å². The summed E-state index contributed by atoms with van der Waals surface area (Å²) < 4.78 is 5.83. The lowest BCUT2D eigenvalue weighted by Gasteiger charge is -2.37. The number of rotatable bonds is 4. The van der Waals surface area contributed by atoms with Crippen LogP contribution in [0.25, 0.3) is 0 Å². The van der Waals surface area contributed by atoms with Crippen molar-refractivity contribution in [2.45, 2.75) is 69.9 Å². The summed E-state index contributed by atoms with van der Waals surface area (Å²) in [4.78, 5) is 0. The van der Waals surface area contributed by atoms with Crippen molar-refractivity contribution in [1.82, 2.24) is 5.32 Å². The Morgan fingerprint density at radius 1 is 1.19 bits per heavy atom. The van der Waals surface area contributed by atoms with Crippen LogP contribution in [0, 0.1) is 0 Å². The zero-order valence-corrected chi connectivity index (χ0v) is 13.5. The van der Waals surface area contributed by atoms with Gasteiger partial charge in [-0.1, -0.05) is 38.1 Å². The standard InChI is InChI=1S/C19H29NO/c1-19(2)12-10-18(16-8-3-4-9-17(16)19)20-13-11-15-7-5-6-14-21-15/h3-4,8-9,15,18,20H,5-7,10-14H2,1-2H3. The lowest BCUT2D eigenvalue weighted by Crippen LogP contribution is -2.34. The number of fused-ring (bicyclic) bond motifs is 1. The highest BCUT2D eigenvalue weighted by Gasteiger charge is 2.31. The van der Waals surface area contributed by atoms with Gasteiger partial charge in [-0.25, -0.2) is 0 Å². The molecule has 0 aromatic heterocycles. The average Bonchev–Trinajstić information content (AvgIpc) is 2.51. The highest BCUT2D eigenvalue weighted by Crippen LogP contribution is 2.41. The lowest BCUT2D eigenvalue weighted by atomic mass is 9.71. The summed E-state index contributed by atoms with van der Waals surface area (Å²) in [5, 5.41) is 3.78. The first kappa shape index (κ1) is 15.1. The molecule has 1 heterocycles. The van der Waals surface area contributed by atoms with Gasteiger partial charge in [-0.05, 0) is 61.6 Å². The molecule has 1 aliphatic carbocycles. The normalized spacial score (nSPS) is 28.1. The van der Waals surface area contributed by atoms with E-state index in [0.717, 1.165) is 19.6 Å². The van der Waals surface area contributed by atoms with Crippen LogP contribution < -0.4 is 5.32 Å². The van der Waals surface area contributed by atoms with Crippen LogP contribution in [0.15, 0.2) is 24.3 Å². The van der Waals surface area contributed by atoms with E-state index in [-0.39, 0.29) is 0 Å². The molecule has 1 saturated heterocycles. The fraction of sp³-hybridized carbons (Fsp3) is 0.684. The molecular formula is C19H29NO. The summed E-state index contributed by atoms with van der Waals surface area (Å²) in [5.41, 5.74) is 3.36. The summed E-state index contributed by atoms with van der Waals surface area (Å²) in [7, 11) is 0. The molecule has 21 heavy (non-hydrogen) atoms. The van der Waals surface area contributed by atoms with Crippen LogP contribution in [-0.4, -0.2) is 19.3 Å². The number of hydrogen-bond acceptors (Lipinski definition) is 2. The molecule has 2 aliphatic rings. The first-order valence-corrected chi connectivity index (χ1v) is 8.61. The zero-order valence-electron chi connectivity index (χ0n) is 13.5. The molecule has 0 radical (unpaired) electrons. The Bertz CT molecular complexity index is 462. The van der Waals surface area contributed by atoms with Gasteiger partial charge in [-0.2, -0.15) is 0 Å². The van der Waals surface area contributed by atoms with Crippen molar-refractivity contribution in [2.75, 3.05) is 13.2 Å². The molecule has 2 nitrogen and oxygen atoms in total. The molecule has 0 spiro atoms. The Balaban J connectivity index is 1.59. The Morgan fingerprint density at radius 3 is 2.86 bits per heavy atom. The minimum absolute atomic E-state index is 0.321. The predicted molar refractivity (Wildman–Crippen MR) is 87.7 cm³/mol. The molecule has 1 aromatic rings. The van der Waals surface area contributed by atoms with Crippen molar-refractivity contribution in [2.24, 2.45) is 0 Å². The molecule has 1 fully saturated rings. The van der Waals surface area contributed by atoms with Gasteiger partial charge >= 0.3 is 0 Å². The first-order valence-electron chi connectivity index (χ1n) is 8.61. The van der Waals surface area contributed by atoms with E-state index in [1.165, 1.54) is 43.2 Å². The van der Waals surface area contributed by atoms with Crippen molar-refractivity contribution >= 4 is 0 Å². The second-order valence-corrected chi connectivity index (χ2v) is 7.29. The maximum atomic E-state index is 5.83. The predicted octanol–water partition coefficient (Wildman–Crippen LogP) is 4.35. The van der Waals surface area contributed by atoms with Crippen molar-refractivity contribution < 1.29 is 4.74 Å². The third kappa shape index (κ3) is 3.49. The molecule has 1 aromatic carbocycles. The molecule has 116 valence electrons. The fourth-order valence-corrected chi connectivity index (χ4v) is 3.88. The van der Waals surface area contributed by atoms with Crippen molar-refractivity contribution in [3.05, 3.63) is 35.4 Å². The highest BCUT2D eigenvalue weighted by molar-refractivity contribution is 5.38. The summed E-state index contributed by atoms with van der Waals surface area (Å²) >= 11 is 0. The average molecular weight is 287 g/mol. The first-order chi connectivity index (χ1) is 10.2. The third-order valence-electron chi connectivity index (χ3n) is 5.25. The minimum atomic E-state index is 0.321. The van der Waals surface area contributed by atoms with Crippen molar-refractivity contribution in [3.8, 4) is 0 Å². The number of hydrogen-bond donors (Lipinski definition) is 1. The van der Waals surface area contributed by atoms with Crippen molar-refractivity contribution in [3.63, 3.8) is 0 Å². The van der Waals surface area contributed by atoms with Gasteiger partial charge in [0.05, 0.1) is 6.10 Å². The third-order valence-corrected chi connectivity index (χ3v) is 5.25. The molecular weight excluding hydrogens is 258 g/mol. The van der Waals surface area contributed by atoms with Gasteiger partial charge in [0.15, 0.2) is 0 Å². The quantitative estimate of drug-likeness (QED) is 0.889. The van der Waals surface area contributed by atoms with Crippen LogP contribution in [0.4, 0.5) is 0 Å². The van der Waals surface area contributed by atoms with E-state index < -0.39 is 0 Å². The summed E-state index contributed by atoms with van der Waals surface area (Å²) in [6.07, 6.45) is 7.98. The van der Waals surface area contributed by atoms with Gasteiger partial charge in [0.2, 0.25) is 0 Å². The molecule has 2 heteroatoms. The maximum Gasteiger partial charge on any atom is 0.0587 e. The summed E-state index contributed by atoms with van der Waals surface area (Å²) in [6.45, 7) is 6.78. The second-order valence-electron chi connectivity index (χ2n) is 7.29. The van der Waals surface area contributed by atoms with Crippen LogP contribution in [0.5, 0.6) is 0 Å². The van der Waals surface area contributed by atoms with E-state index in [9.17, 15) is 0 Å². The number of benzene rings is 1. The van der Waals surface area contributed by atoms with Gasteiger partial charge in [-0.15, -0.1) is 0 Å². The molecule has 0 amide bonds. The zero-order chi connectivity index (χ0) is 14.7. The van der Waals surface area contributed by atoms with E-state index >= 15 is 0 Å². The van der Waals surface area contributed by atoms with Crippen LogP contribution in [0.1, 0.15) is 69.5 Å². The van der Waals surface area contributed by atoms with Gasteiger partial charge < -0.3 is 10.1 Å². The van der Waals surface area contributed by atoms with Gasteiger partial charge in [0.25, 0.3) is 0 Å². The smallest absolute Gasteiger partial charge is 0.0587 e. The van der Waals surface area contributed by atoms with E-state index in [0.29, 0.717) is 17.6 Å². The van der Waals surface area contributed by atoms with E-state index in [1.54, 1.807) is 0 Å². The topological polar surface area (TPSA) is 21.3 Å². The van der Waals surface area contributed by atoms with Gasteiger partial charge in [0, 0.05) is 12.6 Å². The largest absolute Gasteiger partial charge is 0.378 e. The van der Waals surface area contributed by atoms with Crippen LogP contribution in [0.3, 0.4) is 0 Å². The van der Waals surface area contributed by atoms with Crippen molar-refractivity contribution in [1.29, 1.82) is 0 Å². The molecule has 0 bridgehead atoms. The van der Waals surface area contributed by atoms with Gasteiger partial charge in [-0.3, -0.25) is 0 Å². The minimum Gasteiger partial charge on any atom is -0.378 e. The monoisotopic (exact) mass is 287 g/mol. The molecule has 2 unspecified atom stereocenters. The fourth-order valence-electron chi connectivity index (χ4n) is 3.88. The second kappa shape index (κ2) is 6.50. The molecule has 3 rings (SSSR count). The number of nitrogens with one attached hydrogen (secondary N) is 1. The lowest BCUT2D eigenvalue weighted by molar-refractivity contribution is 0.0110.